The number of thioether (sulfide) groups is 1. The molecule has 0 rings (SSSR count). The summed E-state index contributed by atoms with van der Waals surface area (Å²) in [5, 5.41) is 17.2. The summed E-state index contributed by atoms with van der Waals surface area (Å²) in [7, 11) is 0. The quantitative estimate of drug-likeness (QED) is 0.712. The van der Waals surface area contributed by atoms with Gasteiger partial charge in [0, 0.05) is 11.0 Å². The van der Waals surface area contributed by atoms with E-state index in [0.29, 0.717) is 5.75 Å². The van der Waals surface area contributed by atoms with Gasteiger partial charge in [0.25, 0.3) is 0 Å². The summed E-state index contributed by atoms with van der Waals surface area (Å²) in [6.07, 6.45) is 0.0698. The Hall–Kier alpha value is -0.710. The molecule has 0 aliphatic rings. The van der Waals surface area contributed by atoms with Crippen LogP contribution in [0.4, 0.5) is 0 Å². The molecule has 1 atom stereocenters. The van der Waals surface area contributed by atoms with E-state index in [1.54, 1.807) is 20.8 Å². The number of hydrogen-bond donors (Lipinski definition) is 2. The van der Waals surface area contributed by atoms with Crippen LogP contribution in [0.2, 0.25) is 0 Å². The van der Waals surface area contributed by atoms with E-state index < -0.39 is 17.4 Å². The highest BCUT2D eigenvalue weighted by Crippen LogP contribution is 2.25. The molecule has 14 heavy (non-hydrogen) atoms. The third-order valence-electron chi connectivity index (χ3n) is 1.77. The van der Waals surface area contributed by atoms with Crippen molar-refractivity contribution < 1.29 is 19.8 Å². The Labute approximate surface area is 87.7 Å². The Morgan fingerprint density at radius 2 is 1.86 bits per heavy atom. The van der Waals surface area contributed by atoms with Crippen LogP contribution in [0.3, 0.4) is 0 Å². The van der Waals surface area contributed by atoms with Crippen molar-refractivity contribution in [2.75, 3.05) is 5.75 Å². The highest BCUT2D eigenvalue weighted by molar-refractivity contribution is 7.99. The smallest absolute Gasteiger partial charge is 0.309 e. The molecule has 1 unspecified atom stereocenters. The number of rotatable bonds is 6. The van der Waals surface area contributed by atoms with Gasteiger partial charge in [0.15, 0.2) is 0 Å². The zero-order valence-corrected chi connectivity index (χ0v) is 9.43. The van der Waals surface area contributed by atoms with Crippen molar-refractivity contribution in [3.05, 3.63) is 0 Å². The van der Waals surface area contributed by atoms with Gasteiger partial charge < -0.3 is 10.2 Å². The lowest BCUT2D eigenvalue weighted by molar-refractivity contribution is -0.145. The van der Waals surface area contributed by atoms with Gasteiger partial charge in [0.05, 0.1) is 11.8 Å². The Balaban J connectivity index is 3.93. The molecule has 0 aromatic carbocycles. The first kappa shape index (κ1) is 13.3. The summed E-state index contributed by atoms with van der Waals surface area (Å²) >= 11 is 1.38. The second kappa shape index (κ2) is 5.24. The Morgan fingerprint density at radius 3 is 2.21 bits per heavy atom. The largest absolute Gasteiger partial charge is 0.481 e. The summed E-state index contributed by atoms with van der Waals surface area (Å²) in [5.74, 6) is -1.28. The first-order valence-corrected chi connectivity index (χ1v) is 5.37. The van der Waals surface area contributed by atoms with Crippen molar-refractivity contribution in [2.24, 2.45) is 5.41 Å². The molecule has 4 nitrogen and oxygen atoms in total. The predicted molar refractivity (Wildman–Crippen MR) is 55.6 cm³/mol. The fourth-order valence-electron chi connectivity index (χ4n) is 0.717. The maximum absolute atomic E-state index is 10.7. The Morgan fingerprint density at radius 1 is 1.36 bits per heavy atom. The molecule has 5 heteroatoms. The monoisotopic (exact) mass is 220 g/mol. The van der Waals surface area contributed by atoms with E-state index in [1.807, 2.05) is 0 Å². The van der Waals surface area contributed by atoms with E-state index in [0.717, 1.165) is 0 Å². The number of carbonyl (C=O) groups is 2. The minimum atomic E-state index is -0.854. The van der Waals surface area contributed by atoms with E-state index >= 15 is 0 Å². The minimum absolute atomic E-state index is 0.0499. The van der Waals surface area contributed by atoms with Crippen LogP contribution in [0.15, 0.2) is 0 Å². The molecular weight excluding hydrogens is 204 g/mol. The summed E-state index contributed by atoms with van der Waals surface area (Å²) in [4.78, 5) is 21.1. The second-order valence-electron chi connectivity index (χ2n) is 3.91. The summed E-state index contributed by atoms with van der Waals surface area (Å²) < 4.78 is 0. The first-order chi connectivity index (χ1) is 6.25. The molecule has 0 aromatic heterocycles. The number of carboxylic acids is 2. The first-order valence-electron chi connectivity index (χ1n) is 4.32. The van der Waals surface area contributed by atoms with E-state index in [1.165, 1.54) is 11.8 Å². The van der Waals surface area contributed by atoms with Crippen LogP contribution in [-0.2, 0) is 9.59 Å². The van der Waals surface area contributed by atoms with Crippen LogP contribution in [0.1, 0.15) is 27.2 Å². The molecule has 0 spiro atoms. The lowest BCUT2D eigenvalue weighted by Gasteiger charge is -2.20. The van der Waals surface area contributed by atoms with Gasteiger partial charge in [0.1, 0.15) is 0 Å². The van der Waals surface area contributed by atoms with E-state index in [-0.39, 0.29) is 11.7 Å². The maximum Gasteiger partial charge on any atom is 0.309 e. The van der Waals surface area contributed by atoms with Crippen LogP contribution in [0, 0.1) is 5.41 Å². The zero-order chi connectivity index (χ0) is 11.4. The molecule has 0 aliphatic heterocycles. The van der Waals surface area contributed by atoms with Gasteiger partial charge in [-0.25, -0.2) is 0 Å². The van der Waals surface area contributed by atoms with Gasteiger partial charge in [-0.2, -0.15) is 11.8 Å². The molecular formula is C9H16O4S. The van der Waals surface area contributed by atoms with Crippen molar-refractivity contribution in [2.45, 2.75) is 32.4 Å². The van der Waals surface area contributed by atoms with Gasteiger partial charge >= 0.3 is 11.9 Å². The van der Waals surface area contributed by atoms with Crippen LogP contribution in [-0.4, -0.2) is 33.2 Å². The molecule has 0 saturated carbocycles. The highest BCUT2D eigenvalue weighted by atomic mass is 32.2. The molecule has 0 saturated heterocycles. The van der Waals surface area contributed by atoms with Crippen LogP contribution < -0.4 is 0 Å². The van der Waals surface area contributed by atoms with Crippen LogP contribution >= 0.6 is 11.8 Å². The topological polar surface area (TPSA) is 74.6 Å². The normalized spacial score (nSPS) is 13.6. The molecule has 0 aromatic rings. The number of hydrogen-bond acceptors (Lipinski definition) is 3. The minimum Gasteiger partial charge on any atom is -0.481 e. The summed E-state index contributed by atoms with van der Waals surface area (Å²) in [6, 6.07) is 0. The fraction of sp³-hybridized carbons (Fsp3) is 0.778. The molecule has 0 bridgehead atoms. The molecule has 2 N–H and O–H groups in total. The fourth-order valence-corrected chi connectivity index (χ4v) is 1.80. The van der Waals surface area contributed by atoms with Crippen molar-refractivity contribution in [1.82, 2.24) is 0 Å². The molecule has 0 heterocycles. The van der Waals surface area contributed by atoms with Gasteiger partial charge in [0.2, 0.25) is 0 Å². The SMILES string of the molecule is CC(CC(=O)O)SCC(C)(C)C(=O)O. The van der Waals surface area contributed by atoms with Crippen LogP contribution in [0.5, 0.6) is 0 Å². The third kappa shape index (κ3) is 5.11. The molecule has 0 fully saturated rings. The number of carboxylic acid groups (broad SMARTS) is 2. The van der Waals surface area contributed by atoms with Gasteiger partial charge in [-0.15, -0.1) is 0 Å². The molecule has 0 amide bonds. The Bertz CT molecular complexity index is 225. The average Bonchev–Trinajstić information content (AvgIpc) is 1.99. The Kier molecular flexibility index (Phi) is 4.97. The molecule has 0 radical (unpaired) electrons. The van der Waals surface area contributed by atoms with Gasteiger partial charge in [-0.05, 0) is 13.8 Å². The summed E-state index contributed by atoms with van der Waals surface area (Å²) in [6.45, 7) is 5.06. The maximum atomic E-state index is 10.7. The lowest BCUT2D eigenvalue weighted by Crippen LogP contribution is -2.27. The summed E-state index contributed by atoms with van der Waals surface area (Å²) in [5.41, 5.74) is -0.794. The van der Waals surface area contributed by atoms with Crippen LogP contribution in [0.25, 0.3) is 0 Å². The second-order valence-corrected chi connectivity index (χ2v) is 5.34. The van der Waals surface area contributed by atoms with Crippen molar-refractivity contribution in [1.29, 1.82) is 0 Å². The lowest BCUT2D eigenvalue weighted by atomic mass is 9.97. The standard InChI is InChI=1S/C9H16O4S/c1-6(4-7(10)11)14-5-9(2,3)8(12)13/h6H,4-5H2,1-3H3,(H,10,11)(H,12,13). The highest BCUT2D eigenvalue weighted by Gasteiger charge is 2.27. The van der Waals surface area contributed by atoms with Gasteiger partial charge in [-0.1, -0.05) is 6.92 Å². The van der Waals surface area contributed by atoms with Crippen molar-refractivity contribution >= 4 is 23.7 Å². The average molecular weight is 220 g/mol. The number of aliphatic carboxylic acids is 2. The van der Waals surface area contributed by atoms with Crippen molar-refractivity contribution in [3.63, 3.8) is 0 Å². The third-order valence-corrected chi connectivity index (χ3v) is 3.39. The van der Waals surface area contributed by atoms with E-state index in [9.17, 15) is 9.59 Å². The molecule has 0 aliphatic carbocycles. The van der Waals surface area contributed by atoms with Crippen molar-refractivity contribution in [3.8, 4) is 0 Å². The van der Waals surface area contributed by atoms with Gasteiger partial charge in [-0.3, -0.25) is 9.59 Å². The van der Waals surface area contributed by atoms with E-state index in [4.69, 9.17) is 10.2 Å². The molecule has 82 valence electrons. The van der Waals surface area contributed by atoms with E-state index in [2.05, 4.69) is 0 Å². The predicted octanol–water partition coefficient (Wildman–Crippen LogP) is 1.69. The zero-order valence-electron chi connectivity index (χ0n) is 8.61.